The molecule has 33 heavy (non-hydrogen) atoms. The molecule has 0 radical (unpaired) electrons. The normalized spacial score (nSPS) is 13.8. The zero-order chi connectivity index (χ0) is 23.6. The van der Waals surface area contributed by atoms with E-state index >= 15 is 0 Å². The number of halogens is 4. The minimum absolute atomic E-state index is 0.00373. The average Bonchev–Trinajstić information content (AvgIpc) is 3.51. The summed E-state index contributed by atoms with van der Waals surface area (Å²) in [6.07, 6.45) is -1.04. The third kappa shape index (κ3) is 5.49. The van der Waals surface area contributed by atoms with Crippen LogP contribution in [0.2, 0.25) is 0 Å². The molecule has 9 heteroatoms. The molecular formula is C24H18F4N2O3. The van der Waals surface area contributed by atoms with Crippen LogP contribution in [0, 0.1) is 11.7 Å². The standard InChI is InChI=1S/C24H18F4N2O3/c25-19-4-2-1-3-17(19)21-11-8-16(33-21)9-12-22(31)30-20-10-7-15(13-18(20)24(26,27)28)29-23(32)14-5-6-14/h1-4,7-14H,5-6H2,(H,29,32)(H,30,31). The number of carbonyl (C=O) groups excluding carboxylic acids is 2. The van der Waals surface area contributed by atoms with Crippen molar-refractivity contribution in [2.75, 3.05) is 10.6 Å². The average molecular weight is 458 g/mol. The fourth-order valence-electron chi connectivity index (χ4n) is 3.14. The summed E-state index contributed by atoms with van der Waals surface area (Å²) in [5, 5.41) is 4.65. The van der Waals surface area contributed by atoms with E-state index in [4.69, 9.17) is 4.42 Å². The molecule has 1 heterocycles. The highest BCUT2D eigenvalue weighted by molar-refractivity contribution is 6.02. The number of rotatable bonds is 6. The molecule has 3 aromatic rings. The van der Waals surface area contributed by atoms with Gasteiger partial charge < -0.3 is 15.1 Å². The van der Waals surface area contributed by atoms with Crippen LogP contribution in [0.25, 0.3) is 17.4 Å². The highest BCUT2D eigenvalue weighted by Gasteiger charge is 2.35. The topological polar surface area (TPSA) is 71.3 Å². The molecule has 0 spiro atoms. The van der Waals surface area contributed by atoms with Crippen LogP contribution < -0.4 is 10.6 Å². The first-order valence-electron chi connectivity index (χ1n) is 10.1. The van der Waals surface area contributed by atoms with E-state index in [9.17, 15) is 27.2 Å². The van der Waals surface area contributed by atoms with Gasteiger partial charge in [0, 0.05) is 17.7 Å². The van der Waals surface area contributed by atoms with Crippen molar-refractivity contribution in [1.29, 1.82) is 0 Å². The third-order valence-corrected chi connectivity index (χ3v) is 4.96. The van der Waals surface area contributed by atoms with Crippen molar-refractivity contribution in [3.8, 4) is 11.3 Å². The van der Waals surface area contributed by atoms with E-state index in [-0.39, 0.29) is 34.6 Å². The summed E-state index contributed by atoms with van der Waals surface area (Å²) in [6, 6.07) is 12.2. The second-order valence-corrected chi connectivity index (χ2v) is 7.53. The fourth-order valence-corrected chi connectivity index (χ4v) is 3.14. The number of amides is 2. The molecule has 1 saturated carbocycles. The summed E-state index contributed by atoms with van der Waals surface area (Å²) < 4.78 is 59.9. The first-order chi connectivity index (χ1) is 15.7. The van der Waals surface area contributed by atoms with E-state index in [1.54, 1.807) is 6.07 Å². The molecule has 0 bridgehead atoms. The zero-order valence-corrected chi connectivity index (χ0v) is 17.1. The van der Waals surface area contributed by atoms with Crippen LogP contribution >= 0.6 is 0 Å². The lowest BCUT2D eigenvalue weighted by atomic mass is 10.1. The first kappa shape index (κ1) is 22.3. The molecule has 5 nitrogen and oxygen atoms in total. The maximum Gasteiger partial charge on any atom is 0.418 e. The second-order valence-electron chi connectivity index (χ2n) is 7.53. The van der Waals surface area contributed by atoms with Crippen LogP contribution in [-0.2, 0) is 15.8 Å². The molecule has 0 aliphatic heterocycles. The van der Waals surface area contributed by atoms with Crippen LogP contribution in [0.1, 0.15) is 24.2 Å². The highest BCUT2D eigenvalue weighted by Crippen LogP contribution is 2.37. The summed E-state index contributed by atoms with van der Waals surface area (Å²) in [6.45, 7) is 0. The quantitative estimate of drug-likeness (QED) is 0.346. The van der Waals surface area contributed by atoms with Crippen molar-refractivity contribution >= 4 is 29.3 Å². The van der Waals surface area contributed by atoms with Gasteiger partial charge in [-0.2, -0.15) is 13.2 Å². The SMILES string of the molecule is O=C(C=Cc1ccc(-c2ccccc2F)o1)Nc1ccc(NC(=O)C2CC2)cc1C(F)(F)F. The molecule has 1 aliphatic rings. The Bertz CT molecular complexity index is 1230. The number of carbonyl (C=O) groups is 2. The number of nitrogens with one attached hydrogen (secondary N) is 2. The van der Waals surface area contributed by atoms with Gasteiger partial charge in [-0.15, -0.1) is 0 Å². The lowest BCUT2D eigenvalue weighted by Crippen LogP contribution is -2.17. The zero-order valence-electron chi connectivity index (χ0n) is 17.1. The van der Waals surface area contributed by atoms with Crippen molar-refractivity contribution in [2.45, 2.75) is 19.0 Å². The van der Waals surface area contributed by atoms with E-state index in [2.05, 4.69) is 10.6 Å². The number of hydrogen-bond acceptors (Lipinski definition) is 3. The maximum atomic E-state index is 13.9. The molecule has 4 rings (SSSR count). The smallest absolute Gasteiger partial charge is 0.418 e. The predicted octanol–water partition coefficient (Wildman–Crippen LogP) is 6.10. The first-order valence-corrected chi connectivity index (χ1v) is 10.1. The lowest BCUT2D eigenvalue weighted by Gasteiger charge is -2.15. The molecular weight excluding hydrogens is 440 g/mol. The van der Waals surface area contributed by atoms with Crippen LogP contribution in [0.4, 0.5) is 28.9 Å². The second kappa shape index (κ2) is 8.93. The minimum atomic E-state index is -4.75. The van der Waals surface area contributed by atoms with E-state index in [1.807, 2.05) is 0 Å². The Balaban J connectivity index is 1.47. The number of furan rings is 1. The number of alkyl halides is 3. The molecule has 1 aromatic heterocycles. The highest BCUT2D eigenvalue weighted by atomic mass is 19.4. The monoisotopic (exact) mass is 458 g/mol. The van der Waals surface area contributed by atoms with Gasteiger partial charge in [-0.1, -0.05) is 12.1 Å². The largest absolute Gasteiger partial charge is 0.457 e. The summed E-state index contributed by atoms with van der Waals surface area (Å²) in [4.78, 5) is 24.0. The third-order valence-electron chi connectivity index (χ3n) is 4.96. The number of anilines is 2. The Labute approximate surface area is 186 Å². The summed E-state index contributed by atoms with van der Waals surface area (Å²) in [7, 11) is 0. The van der Waals surface area contributed by atoms with Gasteiger partial charge in [-0.05, 0) is 61.4 Å². The molecule has 0 saturated heterocycles. The van der Waals surface area contributed by atoms with Gasteiger partial charge in [0.25, 0.3) is 0 Å². The Kier molecular flexibility index (Phi) is 6.04. The van der Waals surface area contributed by atoms with Gasteiger partial charge in [0.2, 0.25) is 11.8 Å². The van der Waals surface area contributed by atoms with Crippen LogP contribution in [0.5, 0.6) is 0 Å². The molecule has 1 fully saturated rings. The van der Waals surface area contributed by atoms with Gasteiger partial charge in [-0.25, -0.2) is 4.39 Å². The maximum absolute atomic E-state index is 13.9. The van der Waals surface area contributed by atoms with Gasteiger partial charge in [0.05, 0.1) is 16.8 Å². The Morgan fingerprint density at radius 2 is 1.76 bits per heavy atom. The minimum Gasteiger partial charge on any atom is -0.457 e. The van der Waals surface area contributed by atoms with Crippen molar-refractivity contribution in [2.24, 2.45) is 5.92 Å². The summed E-state index contributed by atoms with van der Waals surface area (Å²) >= 11 is 0. The number of benzene rings is 2. The van der Waals surface area contributed by atoms with Gasteiger partial charge in [0.15, 0.2) is 0 Å². The fraction of sp³-hybridized carbons (Fsp3) is 0.167. The molecule has 0 atom stereocenters. The Morgan fingerprint density at radius 1 is 1.00 bits per heavy atom. The number of hydrogen-bond donors (Lipinski definition) is 2. The van der Waals surface area contributed by atoms with E-state index in [0.29, 0.717) is 0 Å². The van der Waals surface area contributed by atoms with Crippen molar-refractivity contribution in [1.82, 2.24) is 0 Å². The molecule has 1 aliphatic carbocycles. The van der Waals surface area contributed by atoms with E-state index in [0.717, 1.165) is 31.1 Å². The van der Waals surface area contributed by atoms with Crippen molar-refractivity contribution in [3.05, 3.63) is 77.8 Å². The Hall–Kier alpha value is -3.88. The van der Waals surface area contributed by atoms with E-state index < -0.39 is 29.2 Å². The molecule has 170 valence electrons. The van der Waals surface area contributed by atoms with Crippen LogP contribution in [-0.4, -0.2) is 11.8 Å². The Morgan fingerprint density at radius 3 is 2.45 bits per heavy atom. The van der Waals surface area contributed by atoms with Crippen LogP contribution in [0.3, 0.4) is 0 Å². The van der Waals surface area contributed by atoms with Gasteiger partial charge >= 0.3 is 6.18 Å². The lowest BCUT2D eigenvalue weighted by molar-refractivity contribution is -0.137. The molecule has 0 unspecified atom stereocenters. The summed E-state index contributed by atoms with van der Waals surface area (Å²) in [5.74, 6) is -1.31. The van der Waals surface area contributed by atoms with Gasteiger partial charge in [-0.3, -0.25) is 9.59 Å². The van der Waals surface area contributed by atoms with Crippen molar-refractivity contribution < 1.29 is 31.6 Å². The van der Waals surface area contributed by atoms with E-state index in [1.165, 1.54) is 42.5 Å². The summed E-state index contributed by atoms with van der Waals surface area (Å²) in [5.41, 5.74) is -1.29. The molecule has 2 amide bonds. The predicted molar refractivity (Wildman–Crippen MR) is 115 cm³/mol. The van der Waals surface area contributed by atoms with Crippen LogP contribution in [0.15, 0.2) is 65.1 Å². The molecule has 2 N–H and O–H groups in total. The van der Waals surface area contributed by atoms with Gasteiger partial charge in [0.1, 0.15) is 17.3 Å². The molecule has 2 aromatic carbocycles. The van der Waals surface area contributed by atoms with Crippen molar-refractivity contribution in [3.63, 3.8) is 0 Å².